The summed E-state index contributed by atoms with van der Waals surface area (Å²) in [5, 5.41) is 8.70. The van der Waals surface area contributed by atoms with Gasteiger partial charge in [0.15, 0.2) is 0 Å². The van der Waals surface area contributed by atoms with Crippen LogP contribution < -0.4 is 0 Å². The summed E-state index contributed by atoms with van der Waals surface area (Å²) in [6.45, 7) is 2.04. The van der Waals surface area contributed by atoms with Crippen molar-refractivity contribution >= 4 is 23.7 Å². The zero-order valence-corrected chi connectivity index (χ0v) is 10.5. The lowest BCUT2D eigenvalue weighted by atomic mass is 10.1. The summed E-state index contributed by atoms with van der Waals surface area (Å²) in [4.78, 5) is 23.1. The van der Waals surface area contributed by atoms with Gasteiger partial charge in [0.2, 0.25) is 0 Å². The highest BCUT2D eigenvalue weighted by Crippen LogP contribution is 2.22. The number of carboxylic acids is 1. The molecule has 1 aromatic carbocycles. The molecule has 1 aromatic rings. The minimum Gasteiger partial charge on any atom is -0.481 e. The van der Waals surface area contributed by atoms with Gasteiger partial charge >= 0.3 is 11.9 Å². The summed E-state index contributed by atoms with van der Waals surface area (Å²) >= 11 is 1.43. The van der Waals surface area contributed by atoms with Gasteiger partial charge in [0, 0.05) is 4.90 Å². The second-order valence-electron chi connectivity index (χ2n) is 3.33. The lowest BCUT2D eigenvalue weighted by Crippen LogP contribution is -2.08. The van der Waals surface area contributed by atoms with E-state index < -0.39 is 11.9 Å². The summed E-state index contributed by atoms with van der Waals surface area (Å²) in [6.07, 6.45) is 1.76. The van der Waals surface area contributed by atoms with Gasteiger partial charge in [-0.25, -0.2) is 4.79 Å². The topological polar surface area (TPSA) is 63.6 Å². The van der Waals surface area contributed by atoms with E-state index in [1.54, 1.807) is 25.1 Å². The summed E-state index contributed by atoms with van der Waals surface area (Å²) in [6, 6.07) is 5.04. The molecular formula is C12H14O4S. The number of hydrogen-bond donors (Lipinski definition) is 1. The maximum Gasteiger partial charge on any atom is 0.339 e. The van der Waals surface area contributed by atoms with Gasteiger partial charge in [0.05, 0.1) is 18.6 Å². The fourth-order valence-electron chi connectivity index (χ4n) is 1.41. The number of ether oxygens (including phenoxy) is 1. The quantitative estimate of drug-likeness (QED) is 0.644. The molecule has 0 saturated carbocycles. The zero-order valence-electron chi connectivity index (χ0n) is 9.73. The molecule has 0 fully saturated rings. The van der Waals surface area contributed by atoms with Crippen LogP contribution >= 0.6 is 11.8 Å². The molecule has 5 heteroatoms. The minimum absolute atomic E-state index is 0.0962. The van der Waals surface area contributed by atoms with Crippen molar-refractivity contribution in [3.8, 4) is 0 Å². The van der Waals surface area contributed by atoms with Crippen molar-refractivity contribution in [3.05, 3.63) is 29.3 Å². The number of esters is 1. The van der Waals surface area contributed by atoms with E-state index in [0.29, 0.717) is 17.7 Å². The van der Waals surface area contributed by atoms with E-state index in [1.807, 2.05) is 6.26 Å². The third-order valence-electron chi connectivity index (χ3n) is 2.11. The molecular weight excluding hydrogens is 240 g/mol. The van der Waals surface area contributed by atoms with Crippen LogP contribution in [0.15, 0.2) is 23.1 Å². The van der Waals surface area contributed by atoms with Crippen molar-refractivity contribution < 1.29 is 19.4 Å². The van der Waals surface area contributed by atoms with Crippen LogP contribution in [0.25, 0.3) is 0 Å². The molecule has 0 aromatic heterocycles. The van der Waals surface area contributed by atoms with Gasteiger partial charge in [-0.2, -0.15) is 0 Å². The summed E-state index contributed by atoms with van der Waals surface area (Å²) < 4.78 is 4.93. The van der Waals surface area contributed by atoms with Crippen LogP contribution in [0.2, 0.25) is 0 Å². The van der Waals surface area contributed by atoms with Crippen molar-refractivity contribution in [2.45, 2.75) is 18.2 Å². The Kier molecular flexibility index (Phi) is 5.03. The van der Waals surface area contributed by atoms with Crippen molar-refractivity contribution in [1.29, 1.82) is 0 Å². The molecule has 0 unspecified atom stereocenters. The van der Waals surface area contributed by atoms with Crippen LogP contribution in [0.3, 0.4) is 0 Å². The molecule has 0 aliphatic rings. The number of thioether (sulfide) groups is 1. The highest BCUT2D eigenvalue weighted by molar-refractivity contribution is 7.98. The maximum absolute atomic E-state index is 11.7. The smallest absolute Gasteiger partial charge is 0.339 e. The first-order valence-corrected chi connectivity index (χ1v) is 6.36. The van der Waals surface area contributed by atoms with E-state index in [4.69, 9.17) is 9.84 Å². The highest BCUT2D eigenvalue weighted by atomic mass is 32.2. The molecule has 17 heavy (non-hydrogen) atoms. The first kappa shape index (κ1) is 13.6. The van der Waals surface area contributed by atoms with Gasteiger partial charge in [-0.1, -0.05) is 6.07 Å². The lowest BCUT2D eigenvalue weighted by molar-refractivity contribution is -0.136. The van der Waals surface area contributed by atoms with Gasteiger partial charge in [0.1, 0.15) is 0 Å². The molecule has 1 rings (SSSR count). The molecule has 0 atom stereocenters. The Bertz CT molecular complexity index is 429. The van der Waals surface area contributed by atoms with Gasteiger partial charge in [-0.05, 0) is 30.9 Å². The van der Waals surface area contributed by atoms with Crippen molar-refractivity contribution in [1.82, 2.24) is 0 Å². The maximum atomic E-state index is 11.7. The van der Waals surface area contributed by atoms with Gasteiger partial charge in [-0.15, -0.1) is 11.8 Å². The van der Waals surface area contributed by atoms with Crippen LogP contribution in [-0.4, -0.2) is 29.9 Å². The molecule has 0 aliphatic heterocycles. The van der Waals surface area contributed by atoms with Crippen LogP contribution in [0, 0.1) is 0 Å². The predicted octanol–water partition coefficient (Wildman–Crippen LogP) is 2.21. The fraction of sp³-hybridized carbons (Fsp3) is 0.333. The summed E-state index contributed by atoms with van der Waals surface area (Å²) in [5.74, 6) is -1.33. The normalized spacial score (nSPS) is 10.0. The first-order valence-electron chi connectivity index (χ1n) is 5.14. The highest BCUT2D eigenvalue weighted by Gasteiger charge is 2.13. The number of carboxylic acid groups (broad SMARTS) is 1. The first-order chi connectivity index (χ1) is 8.08. The monoisotopic (exact) mass is 254 g/mol. The van der Waals surface area contributed by atoms with Crippen LogP contribution in [-0.2, 0) is 16.0 Å². The predicted molar refractivity (Wildman–Crippen MR) is 65.5 cm³/mol. The van der Waals surface area contributed by atoms with E-state index in [2.05, 4.69) is 0 Å². The molecule has 0 radical (unpaired) electrons. The van der Waals surface area contributed by atoms with Crippen LogP contribution in [0.4, 0.5) is 0 Å². The number of carbonyl (C=O) groups excluding carboxylic acids is 1. The third-order valence-corrected chi connectivity index (χ3v) is 2.91. The van der Waals surface area contributed by atoms with E-state index >= 15 is 0 Å². The van der Waals surface area contributed by atoms with Gasteiger partial charge in [0.25, 0.3) is 0 Å². The number of aliphatic carboxylic acids is 1. The third kappa shape index (κ3) is 3.78. The van der Waals surface area contributed by atoms with E-state index in [-0.39, 0.29) is 6.42 Å². The largest absolute Gasteiger partial charge is 0.481 e. The molecule has 0 amide bonds. The van der Waals surface area contributed by atoms with E-state index in [9.17, 15) is 9.59 Å². The number of hydrogen-bond acceptors (Lipinski definition) is 4. The van der Waals surface area contributed by atoms with Crippen molar-refractivity contribution in [2.24, 2.45) is 0 Å². The second kappa shape index (κ2) is 6.30. The minimum atomic E-state index is -0.920. The average Bonchev–Trinajstić information content (AvgIpc) is 2.28. The SMILES string of the molecule is CCOC(=O)c1cc(CC(=O)O)ccc1SC. The Morgan fingerprint density at radius 1 is 1.41 bits per heavy atom. The Labute approximate surface area is 104 Å². The van der Waals surface area contributed by atoms with Gasteiger partial charge in [-0.3, -0.25) is 4.79 Å². The Morgan fingerprint density at radius 3 is 2.65 bits per heavy atom. The summed E-state index contributed by atoms with van der Waals surface area (Å²) in [5.41, 5.74) is 1.02. The van der Waals surface area contributed by atoms with E-state index in [0.717, 1.165) is 4.90 Å². The molecule has 1 N–H and O–H groups in total. The molecule has 4 nitrogen and oxygen atoms in total. The number of rotatable bonds is 5. The van der Waals surface area contributed by atoms with Crippen molar-refractivity contribution in [2.75, 3.05) is 12.9 Å². The molecule has 0 saturated heterocycles. The number of benzene rings is 1. The van der Waals surface area contributed by atoms with Crippen LogP contribution in [0.5, 0.6) is 0 Å². The summed E-state index contributed by atoms with van der Waals surface area (Å²) in [7, 11) is 0. The van der Waals surface area contributed by atoms with Gasteiger partial charge < -0.3 is 9.84 Å². The van der Waals surface area contributed by atoms with Crippen LogP contribution in [0.1, 0.15) is 22.8 Å². The van der Waals surface area contributed by atoms with E-state index in [1.165, 1.54) is 11.8 Å². The lowest BCUT2D eigenvalue weighted by Gasteiger charge is -2.08. The molecule has 0 heterocycles. The Hall–Kier alpha value is -1.49. The number of carbonyl (C=O) groups is 2. The second-order valence-corrected chi connectivity index (χ2v) is 4.17. The Morgan fingerprint density at radius 2 is 2.12 bits per heavy atom. The Balaban J connectivity index is 3.05. The fourth-order valence-corrected chi connectivity index (χ4v) is 1.97. The molecule has 0 spiro atoms. The molecule has 0 aliphatic carbocycles. The zero-order chi connectivity index (χ0) is 12.8. The standard InChI is InChI=1S/C12H14O4S/c1-3-16-12(15)9-6-8(7-11(13)14)4-5-10(9)17-2/h4-6H,3,7H2,1-2H3,(H,13,14). The average molecular weight is 254 g/mol. The molecule has 92 valence electrons. The molecule has 0 bridgehead atoms. The van der Waals surface area contributed by atoms with Crippen molar-refractivity contribution in [3.63, 3.8) is 0 Å².